The summed E-state index contributed by atoms with van der Waals surface area (Å²) in [6.45, 7) is 0. The van der Waals surface area contributed by atoms with Crippen molar-refractivity contribution in [1.82, 2.24) is 15.0 Å². The average Bonchev–Trinajstić information content (AvgIpc) is 2.39. The number of aromatic nitrogens is 3. The Bertz CT molecular complexity index is 636. The third kappa shape index (κ3) is 3.15. The minimum Gasteiger partial charge on any atom is -0.348 e. The molecule has 0 atom stereocenters. The molecule has 2 rings (SSSR count). The van der Waals surface area contributed by atoms with Crippen LogP contribution in [0.25, 0.3) is 0 Å². The van der Waals surface area contributed by atoms with Gasteiger partial charge in [-0.2, -0.15) is 0 Å². The Kier molecular flexibility index (Phi) is 3.56. The van der Waals surface area contributed by atoms with Crippen LogP contribution in [0, 0.1) is 0 Å². The lowest BCUT2D eigenvalue weighted by molar-refractivity contribution is 0.102. The lowest BCUT2D eigenvalue weighted by Gasteiger charge is -2.11. The van der Waals surface area contributed by atoms with E-state index in [1.165, 1.54) is 0 Å². The summed E-state index contributed by atoms with van der Waals surface area (Å²) >= 11 is 0. The third-order valence-corrected chi connectivity index (χ3v) is 2.32. The van der Waals surface area contributed by atoms with Gasteiger partial charge in [0.05, 0.1) is 0 Å². The van der Waals surface area contributed by atoms with Crippen molar-refractivity contribution in [3.05, 3.63) is 46.6 Å². The number of carbonyl (C=O) groups is 1. The first-order valence-electron chi connectivity index (χ1n) is 5.56. The fourth-order valence-electron chi connectivity index (χ4n) is 1.40. The Labute approximate surface area is 109 Å². The molecule has 0 unspecified atom stereocenters. The Morgan fingerprint density at radius 3 is 2.63 bits per heavy atom. The molecule has 0 spiro atoms. The fourth-order valence-corrected chi connectivity index (χ4v) is 1.40. The van der Waals surface area contributed by atoms with Crippen molar-refractivity contribution in [2.45, 2.75) is 0 Å². The van der Waals surface area contributed by atoms with Gasteiger partial charge in [-0.15, -0.1) is 0 Å². The average molecular weight is 259 g/mol. The van der Waals surface area contributed by atoms with Crippen LogP contribution in [0.3, 0.4) is 0 Å². The minimum atomic E-state index is -0.444. The molecule has 98 valence electrons. The van der Waals surface area contributed by atoms with Crippen LogP contribution < -0.4 is 15.8 Å². The van der Waals surface area contributed by atoms with Crippen LogP contribution in [0.1, 0.15) is 10.5 Å². The van der Waals surface area contributed by atoms with E-state index in [1.54, 1.807) is 43.5 Å². The SMILES string of the molecule is CN(C)c1nc(C(=O)Nc2ccncc2)cc(=O)[nH]1. The number of H-pyrrole nitrogens is 1. The molecule has 0 saturated heterocycles. The second kappa shape index (κ2) is 5.30. The first kappa shape index (κ1) is 12.7. The maximum Gasteiger partial charge on any atom is 0.274 e. The van der Waals surface area contributed by atoms with Crippen LogP contribution in [-0.4, -0.2) is 35.0 Å². The fraction of sp³-hybridized carbons (Fsp3) is 0.167. The van der Waals surface area contributed by atoms with Crippen LogP contribution >= 0.6 is 0 Å². The number of hydrogen-bond acceptors (Lipinski definition) is 5. The summed E-state index contributed by atoms with van der Waals surface area (Å²) in [6.07, 6.45) is 3.12. The minimum absolute atomic E-state index is 0.0595. The summed E-state index contributed by atoms with van der Waals surface area (Å²) in [4.78, 5) is 35.5. The molecule has 2 aromatic heterocycles. The summed E-state index contributed by atoms with van der Waals surface area (Å²) in [5, 5.41) is 2.64. The van der Waals surface area contributed by atoms with Gasteiger partial charge in [-0.25, -0.2) is 4.98 Å². The van der Waals surface area contributed by atoms with Crippen molar-refractivity contribution in [1.29, 1.82) is 0 Å². The van der Waals surface area contributed by atoms with Gasteiger partial charge in [0.15, 0.2) is 0 Å². The second-order valence-corrected chi connectivity index (χ2v) is 4.04. The highest BCUT2D eigenvalue weighted by molar-refractivity contribution is 6.02. The molecule has 0 aliphatic heterocycles. The predicted molar refractivity (Wildman–Crippen MR) is 71.4 cm³/mol. The summed E-state index contributed by atoms with van der Waals surface area (Å²) in [5.74, 6) is -0.118. The molecule has 7 heteroatoms. The number of aromatic amines is 1. The van der Waals surface area contributed by atoms with E-state index in [1.807, 2.05) is 0 Å². The van der Waals surface area contributed by atoms with Crippen molar-refractivity contribution in [2.24, 2.45) is 0 Å². The summed E-state index contributed by atoms with van der Waals surface area (Å²) in [7, 11) is 3.45. The molecule has 0 bridgehead atoms. The molecule has 19 heavy (non-hydrogen) atoms. The van der Waals surface area contributed by atoms with E-state index in [9.17, 15) is 9.59 Å². The van der Waals surface area contributed by atoms with Crippen LogP contribution in [0.4, 0.5) is 11.6 Å². The Balaban J connectivity index is 2.27. The lowest BCUT2D eigenvalue weighted by atomic mass is 10.3. The molecule has 2 heterocycles. The van der Waals surface area contributed by atoms with E-state index in [-0.39, 0.29) is 11.3 Å². The number of nitrogens with one attached hydrogen (secondary N) is 2. The van der Waals surface area contributed by atoms with Crippen molar-refractivity contribution < 1.29 is 4.79 Å². The molecule has 0 aliphatic carbocycles. The molecule has 0 saturated carbocycles. The maximum atomic E-state index is 12.0. The van der Waals surface area contributed by atoms with Gasteiger partial charge in [0.2, 0.25) is 5.95 Å². The maximum absolute atomic E-state index is 12.0. The van der Waals surface area contributed by atoms with Gasteiger partial charge in [0, 0.05) is 38.2 Å². The Hall–Kier alpha value is -2.70. The molecule has 0 radical (unpaired) electrons. The number of rotatable bonds is 3. The number of nitrogens with zero attached hydrogens (tertiary/aromatic N) is 3. The topological polar surface area (TPSA) is 91.0 Å². The molecule has 7 nitrogen and oxygen atoms in total. The van der Waals surface area contributed by atoms with Crippen LogP contribution in [0.15, 0.2) is 35.4 Å². The van der Waals surface area contributed by atoms with E-state index >= 15 is 0 Å². The first-order valence-corrected chi connectivity index (χ1v) is 5.56. The van der Waals surface area contributed by atoms with Gasteiger partial charge in [-0.3, -0.25) is 19.6 Å². The molecule has 0 fully saturated rings. The van der Waals surface area contributed by atoms with E-state index in [0.29, 0.717) is 11.6 Å². The number of pyridine rings is 1. The van der Waals surface area contributed by atoms with Crippen LogP contribution in [0.2, 0.25) is 0 Å². The molecule has 0 aliphatic rings. The van der Waals surface area contributed by atoms with Gasteiger partial charge in [-0.05, 0) is 12.1 Å². The second-order valence-electron chi connectivity index (χ2n) is 4.04. The van der Waals surface area contributed by atoms with Gasteiger partial charge >= 0.3 is 0 Å². The molecule has 1 amide bonds. The van der Waals surface area contributed by atoms with Crippen molar-refractivity contribution in [3.8, 4) is 0 Å². The normalized spacial score (nSPS) is 10.0. The first-order chi connectivity index (χ1) is 9.06. The Morgan fingerprint density at radius 1 is 1.32 bits per heavy atom. The molecule has 0 aromatic carbocycles. The highest BCUT2D eigenvalue weighted by Crippen LogP contribution is 2.07. The zero-order chi connectivity index (χ0) is 13.8. The van der Waals surface area contributed by atoms with Gasteiger partial charge in [0.1, 0.15) is 5.69 Å². The van der Waals surface area contributed by atoms with Crippen molar-refractivity contribution >= 4 is 17.5 Å². The molecule has 2 aromatic rings. The number of carbonyl (C=O) groups excluding carboxylic acids is 1. The number of anilines is 2. The van der Waals surface area contributed by atoms with E-state index in [2.05, 4.69) is 20.3 Å². The third-order valence-electron chi connectivity index (χ3n) is 2.32. The van der Waals surface area contributed by atoms with Crippen LogP contribution in [-0.2, 0) is 0 Å². The number of amides is 1. The largest absolute Gasteiger partial charge is 0.348 e. The quantitative estimate of drug-likeness (QED) is 0.836. The van der Waals surface area contributed by atoms with Crippen molar-refractivity contribution in [3.63, 3.8) is 0 Å². The van der Waals surface area contributed by atoms with E-state index in [0.717, 1.165) is 6.07 Å². The molecule has 2 N–H and O–H groups in total. The van der Waals surface area contributed by atoms with Crippen LogP contribution in [0.5, 0.6) is 0 Å². The molecular formula is C12H13N5O2. The predicted octanol–water partition coefficient (Wildman–Crippen LogP) is 0.483. The standard InChI is InChI=1S/C12H13N5O2/c1-17(2)12-15-9(7-10(18)16-12)11(19)14-8-3-5-13-6-4-8/h3-7H,1-2H3,(H,13,14,19)(H,15,16,18). The van der Waals surface area contributed by atoms with Gasteiger partial charge in [0.25, 0.3) is 11.5 Å². The highest BCUT2D eigenvalue weighted by Gasteiger charge is 2.11. The zero-order valence-electron chi connectivity index (χ0n) is 10.5. The monoisotopic (exact) mass is 259 g/mol. The van der Waals surface area contributed by atoms with Gasteiger partial charge < -0.3 is 10.2 Å². The summed E-state index contributed by atoms with van der Waals surface area (Å²) in [5.41, 5.74) is 0.274. The molecular weight excluding hydrogens is 246 g/mol. The smallest absolute Gasteiger partial charge is 0.274 e. The zero-order valence-corrected chi connectivity index (χ0v) is 10.5. The van der Waals surface area contributed by atoms with Gasteiger partial charge in [-0.1, -0.05) is 0 Å². The van der Waals surface area contributed by atoms with E-state index in [4.69, 9.17) is 0 Å². The van der Waals surface area contributed by atoms with Crippen molar-refractivity contribution in [2.75, 3.05) is 24.3 Å². The lowest BCUT2D eigenvalue weighted by Crippen LogP contribution is -2.23. The summed E-state index contributed by atoms with van der Waals surface area (Å²) < 4.78 is 0. The van der Waals surface area contributed by atoms with E-state index < -0.39 is 5.91 Å². The highest BCUT2D eigenvalue weighted by atomic mass is 16.2. The number of hydrogen-bond donors (Lipinski definition) is 2. The summed E-state index contributed by atoms with van der Waals surface area (Å²) in [6, 6.07) is 4.46. The Morgan fingerprint density at radius 2 is 2.00 bits per heavy atom.